The number of nitrogens with two attached hydrogens (primary N) is 1. The summed E-state index contributed by atoms with van der Waals surface area (Å²) in [6.45, 7) is 5.01. The fourth-order valence-electron chi connectivity index (χ4n) is 7.18. The molecule has 0 spiro atoms. The van der Waals surface area contributed by atoms with Crippen LogP contribution in [-0.2, 0) is 19.2 Å². The third-order valence-corrected chi connectivity index (χ3v) is 9.10. The van der Waals surface area contributed by atoms with Crippen LogP contribution in [0.1, 0.15) is 65.2 Å². The molecule has 0 unspecified atom stereocenters. The maximum atomic E-state index is 12.6. The number of nitrogens with zero attached hydrogens (tertiary/aromatic N) is 2. The van der Waals surface area contributed by atoms with E-state index in [1.807, 2.05) is 0 Å². The molecule has 4 fully saturated rings. The van der Waals surface area contributed by atoms with Gasteiger partial charge in [0.05, 0.1) is 11.4 Å². The molecule has 0 aromatic carbocycles. The highest BCUT2D eigenvalue weighted by Gasteiger charge is 2.66. The monoisotopic (exact) mass is 507 g/mol. The Labute approximate surface area is 210 Å². The molecule has 36 heavy (non-hydrogen) atoms. The van der Waals surface area contributed by atoms with Gasteiger partial charge in [0.25, 0.3) is 0 Å². The summed E-state index contributed by atoms with van der Waals surface area (Å²) >= 11 is 0. The molecule has 200 valence electrons. The number of aliphatic hydroxyl groups is 1. The van der Waals surface area contributed by atoms with Crippen LogP contribution in [-0.4, -0.2) is 68.4 Å². The number of carboxylic acid groups (broad SMARTS) is 2. The number of Topliss-reactive ketones (excluding diaryl/α,β-unsaturated/α-hetero) is 1. The number of hydrogen-bond donors (Lipinski definition) is 5. The molecule has 0 saturated heterocycles. The topological polar surface area (TPSA) is 192 Å². The third-order valence-electron chi connectivity index (χ3n) is 9.10. The average Bonchev–Trinajstić information content (AvgIpc) is 3.13. The van der Waals surface area contributed by atoms with E-state index in [0.29, 0.717) is 67.9 Å². The smallest absolute Gasteiger partial charge is 0.328 e. The standard InChI is InChI=1S/C21H33N3O4.C4H4O4/c1-19-7-6-16-14(15(19)3-4-18(19)25)11-17(23-27)21(26)12-13(24-28-10-9-22)5-8-20(16,21)2;5-3(6)1-2-4(7)8/h14-16,26-27H,3-12,22H2,1-2H3;1-2H,(H,5,6)(H,7,8)/b23-17+,24-13-;2-1+/t14-,15-,16-,19-,20+,21-;/m0./s1. The summed E-state index contributed by atoms with van der Waals surface area (Å²) < 4.78 is 0. The van der Waals surface area contributed by atoms with Gasteiger partial charge in [0.15, 0.2) is 0 Å². The SMILES string of the molecule is C[C@]12CC[C@H]3[C@@H](C/C(=N\O)[C@@]4(O)C/C(=N\OCCN)CC[C@]34C)[C@@H]1CCC2=O.O=C(O)/C=C/C(=O)O. The van der Waals surface area contributed by atoms with Crippen molar-refractivity contribution in [2.24, 2.45) is 44.6 Å². The van der Waals surface area contributed by atoms with Crippen LogP contribution in [0.4, 0.5) is 0 Å². The van der Waals surface area contributed by atoms with Gasteiger partial charge in [-0.05, 0) is 56.3 Å². The van der Waals surface area contributed by atoms with Crippen LogP contribution in [0, 0.1) is 28.6 Å². The molecule has 0 aromatic heterocycles. The fourth-order valence-corrected chi connectivity index (χ4v) is 7.18. The molecular weight excluding hydrogens is 470 g/mol. The van der Waals surface area contributed by atoms with Gasteiger partial charge < -0.3 is 31.1 Å². The lowest BCUT2D eigenvalue weighted by atomic mass is 9.43. The molecule has 0 heterocycles. The lowest BCUT2D eigenvalue weighted by Crippen LogP contribution is -2.66. The Kier molecular flexibility index (Phi) is 8.24. The lowest BCUT2D eigenvalue weighted by Gasteiger charge is -2.62. The number of carbonyl (C=O) groups is 3. The first kappa shape index (κ1) is 27.8. The fraction of sp³-hybridized carbons (Fsp3) is 0.720. The second kappa shape index (κ2) is 10.7. The normalized spacial score (nSPS) is 39.7. The summed E-state index contributed by atoms with van der Waals surface area (Å²) in [6, 6.07) is 0. The number of aliphatic carboxylic acids is 2. The molecule has 0 aliphatic heterocycles. The lowest BCUT2D eigenvalue weighted by molar-refractivity contribution is -0.146. The van der Waals surface area contributed by atoms with Gasteiger partial charge in [-0.2, -0.15) is 0 Å². The van der Waals surface area contributed by atoms with Gasteiger partial charge in [-0.15, -0.1) is 0 Å². The van der Waals surface area contributed by atoms with Crippen LogP contribution in [0.15, 0.2) is 22.5 Å². The van der Waals surface area contributed by atoms with Gasteiger partial charge in [0, 0.05) is 42.4 Å². The number of hydrogen-bond acceptors (Lipinski definition) is 9. The predicted molar refractivity (Wildman–Crippen MR) is 130 cm³/mol. The summed E-state index contributed by atoms with van der Waals surface area (Å²) in [4.78, 5) is 36.9. The zero-order valence-corrected chi connectivity index (χ0v) is 20.9. The Hall–Kier alpha value is -2.79. The molecule has 4 rings (SSSR count). The van der Waals surface area contributed by atoms with Gasteiger partial charge in [0.1, 0.15) is 18.0 Å². The maximum Gasteiger partial charge on any atom is 0.328 e. The molecule has 0 aromatic rings. The van der Waals surface area contributed by atoms with Crippen molar-refractivity contribution in [3.63, 3.8) is 0 Å². The van der Waals surface area contributed by atoms with E-state index in [2.05, 4.69) is 24.2 Å². The van der Waals surface area contributed by atoms with E-state index in [0.717, 1.165) is 37.8 Å². The zero-order valence-electron chi connectivity index (χ0n) is 20.9. The van der Waals surface area contributed by atoms with E-state index in [1.54, 1.807) is 0 Å². The summed E-state index contributed by atoms with van der Waals surface area (Å²) in [7, 11) is 0. The van der Waals surface area contributed by atoms with Crippen molar-refractivity contribution in [3.8, 4) is 0 Å². The Bertz CT molecular complexity index is 962. The molecule has 11 heteroatoms. The van der Waals surface area contributed by atoms with Crippen LogP contribution in [0.3, 0.4) is 0 Å². The average molecular weight is 508 g/mol. The van der Waals surface area contributed by atoms with Crippen LogP contribution in [0.2, 0.25) is 0 Å². The van der Waals surface area contributed by atoms with Crippen LogP contribution < -0.4 is 5.73 Å². The minimum atomic E-state index is -1.26. The number of carbonyl (C=O) groups excluding carboxylic acids is 1. The molecule has 6 N–H and O–H groups in total. The van der Waals surface area contributed by atoms with Crippen LogP contribution >= 0.6 is 0 Å². The summed E-state index contributed by atoms with van der Waals surface area (Å²) in [6.07, 6.45) is 6.94. The predicted octanol–water partition coefficient (Wildman–Crippen LogP) is 2.20. The van der Waals surface area contributed by atoms with Gasteiger partial charge in [-0.1, -0.05) is 24.2 Å². The second-order valence-corrected chi connectivity index (χ2v) is 10.8. The second-order valence-electron chi connectivity index (χ2n) is 10.8. The number of oxime groups is 2. The minimum absolute atomic E-state index is 0.245. The quantitative estimate of drug-likeness (QED) is 0.160. The molecular formula is C25H37N3O8. The van der Waals surface area contributed by atoms with E-state index in [-0.39, 0.29) is 11.3 Å². The minimum Gasteiger partial charge on any atom is -0.478 e. The third kappa shape index (κ3) is 4.90. The van der Waals surface area contributed by atoms with Gasteiger partial charge in [-0.25, -0.2) is 9.59 Å². The summed E-state index contributed by atoms with van der Waals surface area (Å²) in [5.74, 6) is -1.20. The molecule has 4 saturated carbocycles. The Morgan fingerprint density at radius 2 is 1.78 bits per heavy atom. The van der Waals surface area contributed by atoms with Crippen molar-refractivity contribution in [1.82, 2.24) is 0 Å². The van der Waals surface area contributed by atoms with Crippen molar-refractivity contribution in [2.45, 2.75) is 70.8 Å². The first-order chi connectivity index (χ1) is 16.9. The van der Waals surface area contributed by atoms with Crippen molar-refractivity contribution < 1.29 is 39.7 Å². The Morgan fingerprint density at radius 3 is 2.36 bits per heavy atom. The Morgan fingerprint density at radius 1 is 1.11 bits per heavy atom. The number of fused-ring (bicyclic) bond motifs is 5. The van der Waals surface area contributed by atoms with Crippen molar-refractivity contribution in [2.75, 3.05) is 13.2 Å². The first-order valence-corrected chi connectivity index (χ1v) is 12.4. The van der Waals surface area contributed by atoms with Gasteiger partial charge in [-0.3, -0.25) is 4.79 Å². The first-order valence-electron chi connectivity index (χ1n) is 12.4. The van der Waals surface area contributed by atoms with Crippen LogP contribution in [0.5, 0.6) is 0 Å². The number of ketones is 1. The zero-order chi connectivity index (χ0) is 26.7. The highest BCUT2D eigenvalue weighted by molar-refractivity contribution is 6.01. The molecule has 4 aliphatic carbocycles. The largest absolute Gasteiger partial charge is 0.478 e. The van der Waals surface area contributed by atoms with E-state index in [1.165, 1.54) is 0 Å². The summed E-state index contributed by atoms with van der Waals surface area (Å²) in [5.41, 5.74) is 4.85. The maximum absolute atomic E-state index is 12.6. The van der Waals surface area contributed by atoms with E-state index in [4.69, 9.17) is 20.8 Å². The van der Waals surface area contributed by atoms with E-state index >= 15 is 0 Å². The molecule has 0 bridgehead atoms. The number of rotatable bonds is 5. The van der Waals surface area contributed by atoms with Crippen molar-refractivity contribution in [3.05, 3.63) is 12.2 Å². The van der Waals surface area contributed by atoms with Gasteiger partial charge in [0.2, 0.25) is 0 Å². The van der Waals surface area contributed by atoms with Crippen molar-refractivity contribution >= 4 is 29.1 Å². The highest BCUT2D eigenvalue weighted by Crippen LogP contribution is 2.65. The number of carboxylic acids is 2. The van der Waals surface area contributed by atoms with Crippen molar-refractivity contribution in [1.29, 1.82) is 0 Å². The van der Waals surface area contributed by atoms with Crippen LogP contribution in [0.25, 0.3) is 0 Å². The van der Waals surface area contributed by atoms with E-state index in [9.17, 15) is 24.7 Å². The Balaban J connectivity index is 0.000000392. The molecule has 6 atom stereocenters. The van der Waals surface area contributed by atoms with E-state index < -0.39 is 23.0 Å². The molecule has 11 nitrogen and oxygen atoms in total. The highest BCUT2D eigenvalue weighted by atomic mass is 16.6. The summed E-state index contributed by atoms with van der Waals surface area (Å²) in [5, 5.41) is 45.0. The molecule has 0 amide bonds. The van der Waals surface area contributed by atoms with Gasteiger partial charge >= 0.3 is 11.9 Å². The molecule has 0 radical (unpaired) electrons. The molecule has 4 aliphatic rings.